The zero-order chi connectivity index (χ0) is 13.9. The van der Waals surface area contributed by atoms with Gasteiger partial charge in [0, 0.05) is 5.56 Å². The predicted molar refractivity (Wildman–Crippen MR) is 76.7 cm³/mol. The van der Waals surface area contributed by atoms with Crippen LogP contribution in [0.2, 0.25) is 0 Å². The van der Waals surface area contributed by atoms with Gasteiger partial charge in [-0.2, -0.15) is 0 Å². The number of carbonyl (C=O) groups is 1. The summed E-state index contributed by atoms with van der Waals surface area (Å²) in [6, 6.07) is 13.6. The minimum absolute atomic E-state index is 0.215. The van der Waals surface area contributed by atoms with Gasteiger partial charge in [-0.25, -0.2) is 0 Å². The van der Waals surface area contributed by atoms with E-state index in [1.165, 1.54) is 5.56 Å². The molecule has 1 heterocycles. The lowest BCUT2D eigenvalue weighted by atomic mass is 10.0. The molecule has 1 unspecified atom stereocenters. The summed E-state index contributed by atoms with van der Waals surface area (Å²) in [4.78, 5) is 11.1. The normalized spacial score (nSPS) is 16.4. The molecule has 0 aliphatic carbocycles. The quantitative estimate of drug-likeness (QED) is 0.798. The van der Waals surface area contributed by atoms with Crippen LogP contribution in [0.5, 0.6) is 11.5 Å². The van der Waals surface area contributed by atoms with E-state index in [2.05, 4.69) is 6.07 Å². The Morgan fingerprint density at radius 1 is 1.30 bits per heavy atom. The van der Waals surface area contributed by atoms with E-state index in [1.54, 1.807) is 0 Å². The topological polar surface area (TPSA) is 35.5 Å². The first-order chi connectivity index (χ1) is 9.78. The van der Waals surface area contributed by atoms with E-state index >= 15 is 0 Å². The van der Waals surface area contributed by atoms with Gasteiger partial charge in [-0.3, -0.25) is 4.79 Å². The van der Waals surface area contributed by atoms with Crippen molar-refractivity contribution < 1.29 is 14.3 Å². The van der Waals surface area contributed by atoms with Crippen LogP contribution in [0, 0.1) is 6.92 Å². The second-order valence-electron chi connectivity index (χ2n) is 5.02. The smallest absolute Gasteiger partial charge is 0.153 e. The molecule has 0 fully saturated rings. The third-order valence-corrected chi connectivity index (χ3v) is 3.53. The Kier molecular flexibility index (Phi) is 3.42. The second kappa shape index (κ2) is 5.37. The third kappa shape index (κ3) is 2.39. The van der Waals surface area contributed by atoms with E-state index in [4.69, 9.17) is 9.47 Å². The molecular weight excluding hydrogens is 252 g/mol. The summed E-state index contributed by atoms with van der Waals surface area (Å²) in [7, 11) is 0. The monoisotopic (exact) mass is 268 g/mol. The molecule has 0 amide bonds. The van der Waals surface area contributed by atoms with Gasteiger partial charge in [0.25, 0.3) is 0 Å². The lowest BCUT2D eigenvalue weighted by molar-refractivity contribution is 0.111. The SMILES string of the molecule is Cc1ccc(OCC2COc3ccccc32)c(C=O)c1. The molecule has 1 aliphatic rings. The van der Waals surface area contributed by atoms with Crippen molar-refractivity contribution in [2.75, 3.05) is 13.2 Å². The van der Waals surface area contributed by atoms with Crippen LogP contribution < -0.4 is 9.47 Å². The van der Waals surface area contributed by atoms with Crippen LogP contribution in [0.25, 0.3) is 0 Å². The molecule has 102 valence electrons. The number of benzene rings is 2. The molecule has 3 heteroatoms. The molecule has 3 nitrogen and oxygen atoms in total. The molecule has 0 aromatic heterocycles. The van der Waals surface area contributed by atoms with Gasteiger partial charge in [0.1, 0.15) is 11.5 Å². The Morgan fingerprint density at radius 2 is 2.15 bits per heavy atom. The number of aryl methyl sites for hydroxylation is 1. The fraction of sp³-hybridized carbons (Fsp3) is 0.235. The first-order valence-corrected chi connectivity index (χ1v) is 6.68. The maximum atomic E-state index is 11.1. The highest BCUT2D eigenvalue weighted by Gasteiger charge is 2.24. The van der Waals surface area contributed by atoms with E-state index in [0.717, 1.165) is 17.6 Å². The van der Waals surface area contributed by atoms with Crippen molar-refractivity contribution in [2.45, 2.75) is 12.8 Å². The molecule has 2 aromatic rings. The summed E-state index contributed by atoms with van der Waals surface area (Å²) in [5, 5.41) is 0. The summed E-state index contributed by atoms with van der Waals surface area (Å²) in [6.45, 7) is 3.10. The largest absolute Gasteiger partial charge is 0.493 e. The van der Waals surface area contributed by atoms with Gasteiger partial charge in [0.2, 0.25) is 0 Å². The van der Waals surface area contributed by atoms with E-state index in [0.29, 0.717) is 24.5 Å². The van der Waals surface area contributed by atoms with Crippen LogP contribution in [-0.2, 0) is 0 Å². The van der Waals surface area contributed by atoms with Crippen molar-refractivity contribution in [3.05, 3.63) is 59.2 Å². The minimum atomic E-state index is 0.215. The van der Waals surface area contributed by atoms with Crippen LogP contribution in [0.1, 0.15) is 27.4 Å². The fourth-order valence-corrected chi connectivity index (χ4v) is 2.45. The van der Waals surface area contributed by atoms with Crippen LogP contribution in [0.3, 0.4) is 0 Å². The van der Waals surface area contributed by atoms with Gasteiger partial charge in [-0.15, -0.1) is 0 Å². The molecule has 1 aliphatic heterocycles. The van der Waals surface area contributed by atoms with Crippen LogP contribution in [-0.4, -0.2) is 19.5 Å². The van der Waals surface area contributed by atoms with E-state index < -0.39 is 0 Å². The number of aldehydes is 1. The van der Waals surface area contributed by atoms with Gasteiger partial charge in [-0.1, -0.05) is 29.8 Å². The highest BCUT2D eigenvalue weighted by atomic mass is 16.5. The zero-order valence-corrected chi connectivity index (χ0v) is 11.3. The molecule has 2 aromatic carbocycles. The fourth-order valence-electron chi connectivity index (χ4n) is 2.45. The Hall–Kier alpha value is -2.29. The molecule has 0 bridgehead atoms. The van der Waals surface area contributed by atoms with Crippen molar-refractivity contribution in [1.29, 1.82) is 0 Å². The van der Waals surface area contributed by atoms with Crippen LogP contribution in [0.4, 0.5) is 0 Å². The van der Waals surface area contributed by atoms with Crippen molar-refractivity contribution in [2.24, 2.45) is 0 Å². The zero-order valence-electron chi connectivity index (χ0n) is 11.3. The molecule has 0 saturated carbocycles. The number of ether oxygens (including phenoxy) is 2. The average Bonchev–Trinajstić information content (AvgIpc) is 2.89. The molecular formula is C17H16O3. The number of rotatable bonds is 4. The molecule has 3 rings (SSSR count). The Labute approximate surface area is 118 Å². The number of hydrogen-bond acceptors (Lipinski definition) is 3. The Bertz CT molecular complexity index is 634. The number of fused-ring (bicyclic) bond motifs is 1. The predicted octanol–water partition coefficient (Wildman–Crippen LogP) is 3.36. The standard InChI is InChI=1S/C17H16O3/c1-12-6-7-16(13(8-12)9-18)19-10-14-11-20-17-5-3-2-4-15(14)17/h2-9,14H,10-11H2,1H3. The summed E-state index contributed by atoms with van der Waals surface area (Å²) in [5.74, 6) is 1.78. The Balaban J connectivity index is 1.74. The molecule has 20 heavy (non-hydrogen) atoms. The summed E-state index contributed by atoms with van der Waals surface area (Å²) in [5.41, 5.74) is 2.82. The molecule has 0 N–H and O–H groups in total. The molecule has 0 spiro atoms. The van der Waals surface area contributed by atoms with E-state index in [1.807, 2.05) is 43.3 Å². The maximum Gasteiger partial charge on any atom is 0.153 e. The maximum absolute atomic E-state index is 11.1. The van der Waals surface area contributed by atoms with Crippen LogP contribution >= 0.6 is 0 Å². The van der Waals surface area contributed by atoms with E-state index in [-0.39, 0.29) is 5.92 Å². The van der Waals surface area contributed by atoms with Gasteiger partial charge in [0.05, 0.1) is 24.7 Å². The van der Waals surface area contributed by atoms with E-state index in [9.17, 15) is 4.79 Å². The number of para-hydroxylation sites is 1. The van der Waals surface area contributed by atoms with Gasteiger partial charge in [0.15, 0.2) is 6.29 Å². The van der Waals surface area contributed by atoms with Gasteiger partial charge < -0.3 is 9.47 Å². The highest BCUT2D eigenvalue weighted by Crippen LogP contribution is 2.34. The molecule has 0 radical (unpaired) electrons. The van der Waals surface area contributed by atoms with Gasteiger partial charge >= 0.3 is 0 Å². The van der Waals surface area contributed by atoms with Crippen molar-refractivity contribution in [3.8, 4) is 11.5 Å². The number of carbonyl (C=O) groups excluding carboxylic acids is 1. The lowest BCUT2D eigenvalue weighted by Gasteiger charge is -2.13. The minimum Gasteiger partial charge on any atom is -0.493 e. The van der Waals surface area contributed by atoms with Crippen molar-refractivity contribution >= 4 is 6.29 Å². The second-order valence-corrected chi connectivity index (χ2v) is 5.02. The van der Waals surface area contributed by atoms with Gasteiger partial charge in [-0.05, 0) is 25.1 Å². The number of hydrogen-bond donors (Lipinski definition) is 0. The first-order valence-electron chi connectivity index (χ1n) is 6.68. The average molecular weight is 268 g/mol. The molecule has 0 saturated heterocycles. The highest BCUT2D eigenvalue weighted by molar-refractivity contribution is 5.79. The van der Waals surface area contributed by atoms with Crippen molar-refractivity contribution in [3.63, 3.8) is 0 Å². The first kappa shape index (κ1) is 12.7. The van der Waals surface area contributed by atoms with Crippen molar-refractivity contribution in [1.82, 2.24) is 0 Å². The third-order valence-electron chi connectivity index (χ3n) is 3.53. The Morgan fingerprint density at radius 3 is 3.00 bits per heavy atom. The summed E-state index contributed by atoms with van der Waals surface area (Å²) >= 11 is 0. The van der Waals surface area contributed by atoms with Crippen LogP contribution in [0.15, 0.2) is 42.5 Å². The summed E-state index contributed by atoms with van der Waals surface area (Å²) in [6.07, 6.45) is 0.835. The lowest BCUT2D eigenvalue weighted by Crippen LogP contribution is -2.12. The molecule has 1 atom stereocenters. The summed E-state index contributed by atoms with van der Waals surface area (Å²) < 4.78 is 11.4.